The molecule has 4 nitrogen and oxygen atoms in total. The van der Waals surface area contributed by atoms with E-state index in [9.17, 15) is 0 Å². The zero-order valence-corrected chi connectivity index (χ0v) is 9.82. The van der Waals surface area contributed by atoms with E-state index in [-0.39, 0.29) is 0 Å². The summed E-state index contributed by atoms with van der Waals surface area (Å²) in [5.74, 6) is 1.74. The van der Waals surface area contributed by atoms with Crippen LogP contribution in [0.1, 0.15) is 5.56 Å². The molecule has 0 aromatic heterocycles. The minimum absolute atomic E-state index is 0.337. The molecule has 0 fully saturated rings. The Balaban J connectivity index is 1.88. The Morgan fingerprint density at radius 2 is 2.19 bits per heavy atom. The molecule has 0 bridgehead atoms. The van der Waals surface area contributed by atoms with E-state index in [2.05, 4.69) is 30.4 Å². The highest BCUT2D eigenvalue weighted by molar-refractivity contribution is 5.48. The quantitative estimate of drug-likeness (QED) is 0.756. The molecule has 0 saturated heterocycles. The molecule has 1 aromatic rings. The molecule has 0 saturated carbocycles. The van der Waals surface area contributed by atoms with Crippen molar-refractivity contribution in [3.8, 4) is 11.5 Å². The maximum atomic E-state index is 5.44. The van der Waals surface area contributed by atoms with Gasteiger partial charge in [0.05, 0.1) is 0 Å². The van der Waals surface area contributed by atoms with Crippen LogP contribution < -0.4 is 14.8 Å². The van der Waals surface area contributed by atoms with Crippen LogP contribution in [0.5, 0.6) is 11.5 Å². The lowest BCUT2D eigenvalue weighted by atomic mass is 10.2. The summed E-state index contributed by atoms with van der Waals surface area (Å²) in [6.07, 6.45) is 0. The maximum absolute atomic E-state index is 5.44. The normalized spacial score (nSPS) is 13.4. The van der Waals surface area contributed by atoms with Gasteiger partial charge < -0.3 is 19.7 Å². The van der Waals surface area contributed by atoms with Crippen LogP contribution in [-0.4, -0.2) is 38.9 Å². The monoisotopic (exact) mass is 222 g/mol. The first-order valence-electron chi connectivity index (χ1n) is 5.50. The summed E-state index contributed by atoms with van der Waals surface area (Å²) in [6.45, 7) is 3.16. The number of fused-ring (bicyclic) bond motifs is 1. The van der Waals surface area contributed by atoms with Gasteiger partial charge in [-0.05, 0) is 20.2 Å². The van der Waals surface area contributed by atoms with E-state index >= 15 is 0 Å². The van der Waals surface area contributed by atoms with E-state index in [0.29, 0.717) is 6.79 Å². The molecular formula is C12H18N2O2. The van der Waals surface area contributed by atoms with Gasteiger partial charge >= 0.3 is 0 Å². The zero-order chi connectivity index (χ0) is 11.4. The molecule has 4 heteroatoms. The van der Waals surface area contributed by atoms with Crippen molar-refractivity contribution in [1.82, 2.24) is 10.2 Å². The molecule has 1 aromatic carbocycles. The summed E-state index contributed by atoms with van der Waals surface area (Å²) in [7, 11) is 4.14. The van der Waals surface area contributed by atoms with Crippen molar-refractivity contribution in [3.63, 3.8) is 0 Å². The Morgan fingerprint density at radius 1 is 1.31 bits per heavy atom. The van der Waals surface area contributed by atoms with Crippen LogP contribution in [0.3, 0.4) is 0 Å². The first-order valence-corrected chi connectivity index (χ1v) is 5.50. The third-order valence-electron chi connectivity index (χ3n) is 2.53. The first-order chi connectivity index (χ1) is 7.77. The van der Waals surface area contributed by atoms with Gasteiger partial charge in [0, 0.05) is 25.2 Å². The predicted molar refractivity (Wildman–Crippen MR) is 62.8 cm³/mol. The highest BCUT2D eigenvalue weighted by Crippen LogP contribution is 2.34. The molecule has 0 aliphatic carbocycles. The number of benzene rings is 1. The predicted octanol–water partition coefficient (Wildman–Crippen LogP) is 1.07. The fourth-order valence-corrected chi connectivity index (χ4v) is 1.66. The molecule has 88 valence electrons. The molecule has 1 heterocycles. The molecule has 16 heavy (non-hydrogen) atoms. The van der Waals surface area contributed by atoms with Crippen LogP contribution >= 0.6 is 0 Å². The fourth-order valence-electron chi connectivity index (χ4n) is 1.66. The number of likely N-dealkylation sites (N-methyl/N-ethyl adjacent to an activating group) is 1. The summed E-state index contributed by atoms with van der Waals surface area (Å²) >= 11 is 0. The minimum Gasteiger partial charge on any atom is -0.454 e. The highest BCUT2D eigenvalue weighted by atomic mass is 16.7. The molecule has 1 aliphatic heterocycles. The second-order valence-electron chi connectivity index (χ2n) is 4.13. The van der Waals surface area contributed by atoms with Gasteiger partial charge in [-0.25, -0.2) is 0 Å². The van der Waals surface area contributed by atoms with Crippen molar-refractivity contribution in [3.05, 3.63) is 23.8 Å². The number of rotatable bonds is 5. The lowest BCUT2D eigenvalue weighted by Gasteiger charge is -2.11. The Hall–Kier alpha value is -1.26. The third kappa shape index (κ3) is 2.65. The van der Waals surface area contributed by atoms with Crippen LogP contribution in [-0.2, 0) is 6.54 Å². The summed E-state index contributed by atoms with van der Waals surface area (Å²) < 4.78 is 10.8. The van der Waals surface area contributed by atoms with Gasteiger partial charge in [0.1, 0.15) is 0 Å². The smallest absolute Gasteiger partial charge is 0.231 e. The van der Waals surface area contributed by atoms with Crippen molar-refractivity contribution in [2.24, 2.45) is 0 Å². The van der Waals surface area contributed by atoms with Crippen molar-refractivity contribution < 1.29 is 9.47 Å². The molecule has 0 amide bonds. The third-order valence-corrected chi connectivity index (χ3v) is 2.53. The SMILES string of the molecule is CN(C)CCNCc1cccc2c1OCO2. The maximum Gasteiger partial charge on any atom is 0.231 e. The second kappa shape index (κ2) is 5.18. The molecule has 0 radical (unpaired) electrons. The number of nitrogens with zero attached hydrogens (tertiary/aromatic N) is 1. The van der Waals surface area contributed by atoms with E-state index in [1.54, 1.807) is 0 Å². The average Bonchev–Trinajstić information content (AvgIpc) is 2.72. The van der Waals surface area contributed by atoms with E-state index < -0.39 is 0 Å². The highest BCUT2D eigenvalue weighted by Gasteiger charge is 2.16. The van der Waals surface area contributed by atoms with Gasteiger partial charge in [-0.2, -0.15) is 0 Å². The van der Waals surface area contributed by atoms with Crippen molar-refractivity contribution in [1.29, 1.82) is 0 Å². The van der Waals surface area contributed by atoms with Crippen molar-refractivity contribution in [2.75, 3.05) is 34.0 Å². The lowest BCUT2D eigenvalue weighted by Crippen LogP contribution is -2.26. The van der Waals surface area contributed by atoms with Gasteiger partial charge in [0.25, 0.3) is 0 Å². The summed E-state index contributed by atoms with van der Waals surface area (Å²) in [4.78, 5) is 2.15. The minimum atomic E-state index is 0.337. The Kier molecular flexibility index (Phi) is 3.64. The summed E-state index contributed by atoms with van der Waals surface area (Å²) in [5, 5.41) is 3.39. The van der Waals surface area contributed by atoms with Crippen molar-refractivity contribution in [2.45, 2.75) is 6.54 Å². The van der Waals surface area contributed by atoms with Crippen LogP contribution in [0.2, 0.25) is 0 Å². The summed E-state index contributed by atoms with van der Waals surface area (Å²) in [5.41, 5.74) is 1.16. The average molecular weight is 222 g/mol. The number of hydrogen-bond donors (Lipinski definition) is 1. The van der Waals surface area contributed by atoms with Gasteiger partial charge in [-0.1, -0.05) is 12.1 Å². The molecule has 2 rings (SSSR count). The van der Waals surface area contributed by atoms with Crippen LogP contribution in [0.15, 0.2) is 18.2 Å². The topological polar surface area (TPSA) is 33.7 Å². The number of para-hydroxylation sites is 1. The first kappa shape index (κ1) is 11.2. The van der Waals surface area contributed by atoms with Crippen molar-refractivity contribution >= 4 is 0 Å². The van der Waals surface area contributed by atoms with E-state index in [1.165, 1.54) is 0 Å². The van der Waals surface area contributed by atoms with Crippen LogP contribution in [0, 0.1) is 0 Å². The molecule has 0 atom stereocenters. The largest absolute Gasteiger partial charge is 0.454 e. The van der Waals surface area contributed by atoms with Gasteiger partial charge in [-0.15, -0.1) is 0 Å². The molecular weight excluding hydrogens is 204 g/mol. The zero-order valence-electron chi connectivity index (χ0n) is 9.82. The molecule has 0 unspecified atom stereocenters. The number of hydrogen-bond acceptors (Lipinski definition) is 4. The van der Waals surface area contributed by atoms with E-state index in [4.69, 9.17) is 9.47 Å². The Bertz CT molecular complexity index is 353. The molecule has 0 spiro atoms. The van der Waals surface area contributed by atoms with Gasteiger partial charge in [0.15, 0.2) is 11.5 Å². The number of nitrogens with one attached hydrogen (secondary N) is 1. The van der Waals surface area contributed by atoms with E-state index in [1.807, 2.05) is 12.1 Å². The Labute approximate surface area is 96.2 Å². The lowest BCUT2D eigenvalue weighted by molar-refractivity contribution is 0.173. The van der Waals surface area contributed by atoms with Crippen LogP contribution in [0.25, 0.3) is 0 Å². The van der Waals surface area contributed by atoms with E-state index in [0.717, 1.165) is 36.7 Å². The van der Waals surface area contributed by atoms with Crippen LogP contribution in [0.4, 0.5) is 0 Å². The van der Waals surface area contributed by atoms with Gasteiger partial charge in [-0.3, -0.25) is 0 Å². The fraction of sp³-hybridized carbons (Fsp3) is 0.500. The van der Waals surface area contributed by atoms with Gasteiger partial charge in [0.2, 0.25) is 6.79 Å². The summed E-state index contributed by atoms with van der Waals surface area (Å²) in [6, 6.07) is 6.00. The Morgan fingerprint density at radius 3 is 3.00 bits per heavy atom. The molecule has 1 aliphatic rings. The standard InChI is InChI=1S/C12H18N2O2/c1-14(2)7-6-13-8-10-4-3-5-11-12(10)16-9-15-11/h3-5,13H,6-9H2,1-2H3. The molecule has 1 N–H and O–H groups in total. The number of ether oxygens (including phenoxy) is 2. The second-order valence-corrected chi connectivity index (χ2v) is 4.13.